The van der Waals surface area contributed by atoms with E-state index in [1.165, 1.54) is 11.8 Å². The van der Waals surface area contributed by atoms with E-state index in [2.05, 4.69) is 36.4 Å². The van der Waals surface area contributed by atoms with Crippen LogP contribution in [-0.2, 0) is 6.61 Å². The van der Waals surface area contributed by atoms with Crippen LogP contribution in [0.2, 0.25) is 0 Å². The number of carbonyl (C=O) groups excluding carboxylic acids is 1. The highest BCUT2D eigenvalue weighted by molar-refractivity contribution is 5.91. The van der Waals surface area contributed by atoms with Crippen molar-refractivity contribution in [2.75, 3.05) is 20.6 Å². The quantitative estimate of drug-likeness (QED) is 0.609. The second kappa shape index (κ2) is 9.35. The lowest BCUT2D eigenvalue weighted by Gasteiger charge is -2.33. The molecule has 2 unspecified atom stereocenters. The van der Waals surface area contributed by atoms with Crippen molar-refractivity contribution in [1.29, 1.82) is 0 Å². The van der Waals surface area contributed by atoms with Crippen LogP contribution in [0.3, 0.4) is 0 Å². The minimum absolute atomic E-state index is 0.136. The highest BCUT2D eigenvalue weighted by Gasteiger charge is 2.28. The number of furan rings is 1. The number of rotatable bonds is 7. The van der Waals surface area contributed by atoms with E-state index >= 15 is 0 Å². The number of hydrogen-bond acceptors (Lipinski definition) is 4. The van der Waals surface area contributed by atoms with Crippen LogP contribution in [0.25, 0.3) is 10.8 Å². The summed E-state index contributed by atoms with van der Waals surface area (Å²) >= 11 is 0. The number of carbonyl (C=O) groups is 1. The van der Waals surface area contributed by atoms with Crippen molar-refractivity contribution >= 4 is 16.7 Å². The molecule has 0 spiro atoms. The van der Waals surface area contributed by atoms with Crippen LogP contribution >= 0.6 is 0 Å². The monoisotopic (exact) mass is 406 g/mol. The molecule has 0 bridgehead atoms. The Balaban J connectivity index is 1.35. The van der Waals surface area contributed by atoms with E-state index < -0.39 is 0 Å². The van der Waals surface area contributed by atoms with Crippen molar-refractivity contribution in [3.8, 4) is 5.75 Å². The summed E-state index contributed by atoms with van der Waals surface area (Å²) in [5, 5.41) is 5.51. The van der Waals surface area contributed by atoms with Gasteiger partial charge in [0.05, 0.1) is 0 Å². The Labute approximate surface area is 178 Å². The predicted molar refractivity (Wildman–Crippen MR) is 119 cm³/mol. The van der Waals surface area contributed by atoms with Crippen molar-refractivity contribution < 1.29 is 13.9 Å². The summed E-state index contributed by atoms with van der Waals surface area (Å²) in [6, 6.07) is 17.9. The lowest BCUT2D eigenvalue weighted by molar-refractivity contribution is 0.0863. The van der Waals surface area contributed by atoms with Gasteiger partial charge in [0.25, 0.3) is 5.91 Å². The summed E-state index contributed by atoms with van der Waals surface area (Å²) in [6.45, 7) is 1.28. The average molecular weight is 407 g/mol. The summed E-state index contributed by atoms with van der Waals surface area (Å²) in [5.41, 5.74) is 0. The minimum Gasteiger partial charge on any atom is -0.486 e. The molecule has 30 heavy (non-hydrogen) atoms. The molecule has 1 amide bonds. The molecule has 4 rings (SSSR count). The Kier molecular flexibility index (Phi) is 6.38. The molecule has 1 saturated carbocycles. The second-order valence-electron chi connectivity index (χ2n) is 8.45. The van der Waals surface area contributed by atoms with Crippen molar-refractivity contribution in [1.82, 2.24) is 10.2 Å². The van der Waals surface area contributed by atoms with E-state index in [1.54, 1.807) is 6.07 Å². The molecule has 2 atom stereocenters. The summed E-state index contributed by atoms with van der Waals surface area (Å²) in [5.74, 6) is 2.12. The fourth-order valence-corrected chi connectivity index (χ4v) is 4.31. The molecule has 0 aliphatic heterocycles. The molecule has 1 N–H and O–H groups in total. The lowest BCUT2D eigenvalue weighted by Crippen LogP contribution is -2.45. The van der Waals surface area contributed by atoms with Gasteiger partial charge in [-0.05, 0) is 67.9 Å². The molecular weight excluding hydrogens is 376 g/mol. The van der Waals surface area contributed by atoms with Gasteiger partial charge in [0.2, 0.25) is 0 Å². The fraction of sp³-hybridized carbons (Fsp3) is 0.400. The standard InChI is InChI=1S/C25H30N2O3/c1-27(2)16-20-9-5-6-10-23(20)26-25(28)24-14-13-22(30-24)17-29-21-12-11-18-7-3-4-8-19(18)15-21/h3-4,7-8,11-15,20,23H,5-6,9-10,16-17H2,1-2H3,(H,26,28). The third-order valence-corrected chi connectivity index (χ3v) is 5.81. The number of nitrogens with zero attached hydrogens (tertiary/aromatic N) is 1. The highest BCUT2D eigenvalue weighted by atomic mass is 16.5. The van der Waals surface area contributed by atoms with Gasteiger partial charge in [-0.25, -0.2) is 0 Å². The first kappa shape index (κ1) is 20.5. The minimum atomic E-state index is -0.136. The van der Waals surface area contributed by atoms with Gasteiger partial charge < -0.3 is 19.4 Å². The van der Waals surface area contributed by atoms with Gasteiger partial charge in [-0.2, -0.15) is 0 Å². The van der Waals surface area contributed by atoms with Gasteiger partial charge in [-0.3, -0.25) is 4.79 Å². The maximum absolute atomic E-state index is 12.7. The molecule has 2 aromatic carbocycles. The molecule has 5 nitrogen and oxygen atoms in total. The molecule has 5 heteroatoms. The Morgan fingerprint density at radius 2 is 1.87 bits per heavy atom. The molecule has 1 aliphatic carbocycles. The SMILES string of the molecule is CN(C)CC1CCCCC1NC(=O)c1ccc(COc2ccc3ccccc3c2)o1. The summed E-state index contributed by atoms with van der Waals surface area (Å²) in [6.07, 6.45) is 4.59. The van der Waals surface area contributed by atoms with Crippen LogP contribution in [0.15, 0.2) is 59.0 Å². The largest absolute Gasteiger partial charge is 0.486 e. The van der Waals surface area contributed by atoms with Crippen molar-refractivity contribution in [2.45, 2.75) is 38.3 Å². The summed E-state index contributed by atoms with van der Waals surface area (Å²) in [4.78, 5) is 14.9. The van der Waals surface area contributed by atoms with Crippen LogP contribution in [0, 0.1) is 5.92 Å². The third-order valence-electron chi connectivity index (χ3n) is 5.81. The van der Waals surface area contributed by atoms with Gasteiger partial charge >= 0.3 is 0 Å². The Hall–Kier alpha value is -2.79. The molecule has 1 aromatic heterocycles. The maximum atomic E-state index is 12.7. The third kappa shape index (κ3) is 5.03. The Bertz CT molecular complexity index is 995. The Morgan fingerprint density at radius 1 is 1.07 bits per heavy atom. The normalized spacial score (nSPS) is 19.2. The van der Waals surface area contributed by atoms with Crippen molar-refractivity contribution in [3.63, 3.8) is 0 Å². The average Bonchev–Trinajstić information content (AvgIpc) is 3.22. The predicted octanol–water partition coefficient (Wildman–Crippen LogP) is 4.86. The number of ether oxygens (including phenoxy) is 1. The molecule has 1 aliphatic rings. The number of hydrogen-bond donors (Lipinski definition) is 1. The summed E-state index contributed by atoms with van der Waals surface area (Å²) < 4.78 is 11.6. The van der Waals surface area contributed by atoms with E-state index in [4.69, 9.17) is 9.15 Å². The summed E-state index contributed by atoms with van der Waals surface area (Å²) in [7, 11) is 4.17. The molecule has 0 radical (unpaired) electrons. The van der Waals surface area contributed by atoms with E-state index in [1.807, 2.05) is 36.4 Å². The van der Waals surface area contributed by atoms with Gasteiger partial charge in [0, 0.05) is 12.6 Å². The zero-order valence-electron chi connectivity index (χ0n) is 17.8. The smallest absolute Gasteiger partial charge is 0.287 e. The molecule has 1 fully saturated rings. The zero-order valence-corrected chi connectivity index (χ0v) is 17.8. The van der Waals surface area contributed by atoms with Crippen LogP contribution in [0.1, 0.15) is 42.0 Å². The van der Waals surface area contributed by atoms with E-state index in [-0.39, 0.29) is 18.6 Å². The topological polar surface area (TPSA) is 54.7 Å². The fourth-order valence-electron chi connectivity index (χ4n) is 4.31. The van der Waals surface area contributed by atoms with E-state index in [9.17, 15) is 4.79 Å². The van der Waals surface area contributed by atoms with Gasteiger partial charge in [-0.15, -0.1) is 0 Å². The number of nitrogens with one attached hydrogen (secondary N) is 1. The van der Waals surface area contributed by atoms with Crippen LogP contribution in [0.4, 0.5) is 0 Å². The molecule has 3 aromatic rings. The van der Waals surface area contributed by atoms with Gasteiger partial charge in [-0.1, -0.05) is 43.2 Å². The number of benzene rings is 2. The van der Waals surface area contributed by atoms with Crippen LogP contribution in [0.5, 0.6) is 5.75 Å². The Morgan fingerprint density at radius 3 is 2.70 bits per heavy atom. The number of fused-ring (bicyclic) bond motifs is 1. The first-order chi connectivity index (χ1) is 14.6. The van der Waals surface area contributed by atoms with Crippen molar-refractivity contribution in [2.24, 2.45) is 5.92 Å². The van der Waals surface area contributed by atoms with Gasteiger partial charge in [0.15, 0.2) is 5.76 Å². The molecular formula is C25H30N2O3. The van der Waals surface area contributed by atoms with E-state index in [0.29, 0.717) is 17.4 Å². The van der Waals surface area contributed by atoms with Crippen LogP contribution in [-0.4, -0.2) is 37.5 Å². The van der Waals surface area contributed by atoms with Crippen molar-refractivity contribution in [3.05, 3.63) is 66.1 Å². The maximum Gasteiger partial charge on any atom is 0.287 e. The molecule has 1 heterocycles. The van der Waals surface area contributed by atoms with Gasteiger partial charge in [0.1, 0.15) is 18.1 Å². The number of amides is 1. The van der Waals surface area contributed by atoms with E-state index in [0.717, 1.165) is 36.9 Å². The first-order valence-corrected chi connectivity index (χ1v) is 10.7. The van der Waals surface area contributed by atoms with Crippen LogP contribution < -0.4 is 10.1 Å². The first-order valence-electron chi connectivity index (χ1n) is 10.7. The second-order valence-corrected chi connectivity index (χ2v) is 8.45. The molecule has 158 valence electrons. The zero-order chi connectivity index (χ0) is 20.9. The lowest BCUT2D eigenvalue weighted by atomic mass is 9.84. The highest BCUT2D eigenvalue weighted by Crippen LogP contribution is 2.26. The molecule has 0 saturated heterocycles.